The lowest BCUT2D eigenvalue weighted by molar-refractivity contribution is -0.183. The number of amides is 1. The zero-order valence-corrected chi connectivity index (χ0v) is 16.0. The fraction of sp³-hybridized carbons (Fsp3) is 0.588. The van der Waals surface area contributed by atoms with E-state index in [4.69, 9.17) is 0 Å². The quantitative estimate of drug-likeness (QED) is 0.698. The number of nitrogens with one attached hydrogen (secondary N) is 3. The standard InChI is InChI=1S/C17H24F3N7O/c1-10-15(11(2)26(3)25-10)12-8-13(24-23-12)16(28)22-9-14(17(18,19)20)27-6-4-21-5-7-27/h8,14,21H,4-7,9H2,1-3H3,(H,22,28)(H,23,24). The van der Waals surface area contributed by atoms with E-state index in [9.17, 15) is 18.0 Å². The highest BCUT2D eigenvalue weighted by molar-refractivity contribution is 5.93. The van der Waals surface area contributed by atoms with E-state index in [1.54, 1.807) is 11.7 Å². The Hall–Kier alpha value is -2.40. The van der Waals surface area contributed by atoms with E-state index in [-0.39, 0.29) is 18.8 Å². The Morgan fingerprint density at radius 3 is 2.57 bits per heavy atom. The van der Waals surface area contributed by atoms with Crippen molar-refractivity contribution in [2.24, 2.45) is 7.05 Å². The highest BCUT2D eigenvalue weighted by atomic mass is 19.4. The molecule has 0 spiro atoms. The predicted molar refractivity (Wildman–Crippen MR) is 96.9 cm³/mol. The number of hydrogen-bond acceptors (Lipinski definition) is 5. The molecule has 154 valence electrons. The molecular weight excluding hydrogens is 375 g/mol. The molecule has 2 aromatic heterocycles. The van der Waals surface area contributed by atoms with E-state index in [0.29, 0.717) is 18.8 Å². The third-order valence-electron chi connectivity index (χ3n) is 5.01. The second kappa shape index (κ2) is 7.92. The van der Waals surface area contributed by atoms with E-state index < -0.39 is 24.7 Å². The fourth-order valence-electron chi connectivity index (χ4n) is 3.44. The average molecular weight is 399 g/mol. The van der Waals surface area contributed by atoms with Gasteiger partial charge < -0.3 is 10.6 Å². The van der Waals surface area contributed by atoms with E-state index in [2.05, 4.69) is 25.9 Å². The molecule has 2 aromatic rings. The molecule has 0 bridgehead atoms. The molecule has 11 heteroatoms. The molecular formula is C17H24F3N7O. The third-order valence-corrected chi connectivity index (χ3v) is 5.01. The highest BCUT2D eigenvalue weighted by Gasteiger charge is 2.43. The first kappa shape index (κ1) is 20.3. The van der Waals surface area contributed by atoms with Crippen LogP contribution in [-0.2, 0) is 7.05 Å². The minimum Gasteiger partial charge on any atom is -0.349 e. The third kappa shape index (κ3) is 4.20. The summed E-state index contributed by atoms with van der Waals surface area (Å²) in [5, 5.41) is 16.5. The number of nitrogens with zero attached hydrogens (tertiary/aromatic N) is 4. The summed E-state index contributed by atoms with van der Waals surface area (Å²) in [5.41, 5.74) is 3.08. The maximum atomic E-state index is 13.4. The van der Waals surface area contributed by atoms with Crippen LogP contribution in [0.5, 0.6) is 0 Å². The van der Waals surface area contributed by atoms with Gasteiger partial charge in [0.25, 0.3) is 5.91 Å². The van der Waals surface area contributed by atoms with Gasteiger partial charge in [0, 0.05) is 51.0 Å². The SMILES string of the molecule is Cc1nn(C)c(C)c1-c1cc(C(=O)NCC(N2CCNCC2)C(F)(F)F)[nH]n1. The van der Waals surface area contributed by atoms with Crippen molar-refractivity contribution in [1.29, 1.82) is 0 Å². The number of hydrogen-bond donors (Lipinski definition) is 3. The second-order valence-corrected chi connectivity index (χ2v) is 6.89. The van der Waals surface area contributed by atoms with Crippen LogP contribution in [0.3, 0.4) is 0 Å². The van der Waals surface area contributed by atoms with Crippen molar-refractivity contribution >= 4 is 5.91 Å². The summed E-state index contributed by atoms with van der Waals surface area (Å²) in [4.78, 5) is 13.7. The topological polar surface area (TPSA) is 90.9 Å². The van der Waals surface area contributed by atoms with Crippen molar-refractivity contribution in [2.45, 2.75) is 26.1 Å². The van der Waals surface area contributed by atoms with Crippen molar-refractivity contribution in [3.05, 3.63) is 23.1 Å². The highest BCUT2D eigenvalue weighted by Crippen LogP contribution is 2.26. The summed E-state index contributed by atoms with van der Waals surface area (Å²) in [6, 6.07) is -0.191. The molecule has 0 aromatic carbocycles. The summed E-state index contributed by atoms with van der Waals surface area (Å²) in [7, 11) is 1.81. The smallest absolute Gasteiger partial charge is 0.349 e. The summed E-state index contributed by atoms with van der Waals surface area (Å²) in [6.45, 7) is 4.76. The van der Waals surface area contributed by atoms with Gasteiger partial charge in [-0.25, -0.2) is 0 Å². The number of halogens is 3. The number of aromatic nitrogens is 4. The fourth-order valence-corrected chi connectivity index (χ4v) is 3.44. The van der Waals surface area contributed by atoms with E-state index in [1.807, 2.05) is 13.8 Å². The molecule has 1 fully saturated rings. The minimum atomic E-state index is -4.42. The Bertz CT molecular complexity index is 836. The van der Waals surface area contributed by atoms with Gasteiger partial charge in [-0.15, -0.1) is 0 Å². The van der Waals surface area contributed by atoms with Crippen molar-refractivity contribution in [3.63, 3.8) is 0 Å². The van der Waals surface area contributed by atoms with Crippen LogP contribution in [0, 0.1) is 13.8 Å². The predicted octanol–water partition coefficient (Wildman–Crippen LogP) is 0.993. The molecule has 1 aliphatic heterocycles. The van der Waals surface area contributed by atoms with Crippen molar-refractivity contribution in [3.8, 4) is 11.3 Å². The number of carbonyl (C=O) groups excluding carboxylic acids is 1. The summed E-state index contributed by atoms with van der Waals surface area (Å²) in [5.74, 6) is -0.623. The number of piperazine rings is 1. The molecule has 0 saturated carbocycles. The number of alkyl halides is 3. The molecule has 1 atom stereocenters. The number of H-pyrrole nitrogens is 1. The van der Waals surface area contributed by atoms with E-state index >= 15 is 0 Å². The summed E-state index contributed by atoms with van der Waals surface area (Å²) in [6.07, 6.45) is -4.42. The number of aryl methyl sites for hydroxylation is 2. The van der Waals surface area contributed by atoms with Crippen LogP contribution in [0.1, 0.15) is 21.9 Å². The van der Waals surface area contributed by atoms with Gasteiger partial charge in [-0.2, -0.15) is 23.4 Å². The Morgan fingerprint density at radius 2 is 2.00 bits per heavy atom. The Labute approximate surface area is 160 Å². The van der Waals surface area contributed by atoms with Crippen molar-refractivity contribution in [2.75, 3.05) is 32.7 Å². The van der Waals surface area contributed by atoms with Crippen LogP contribution in [-0.4, -0.2) is 75.7 Å². The lowest BCUT2D eigenvalue weighted by Gasteiger charge is -2.35. The van der Waals surface area contributed by atoms with Crippen LogP contribution in [0.4, 0.5) is 13.2 Å². The van der Waals surface area contributed by atoms with Crippen LogP contribution in [0.25, 0.3) is 11.3 Å². The number of rotatable bonds is 5. The Kier molecular flexibility index (Phi) is 5.75. The van der Waals surface area contributed by atoms with Gasteiger partial charge >= 0.3 is 6.18 Å². The first-order valence-electron chi connectivity index (χ1n) is 9.04. The molecule has 3 N–H and O–H groups in total. The molecule has 0 radical (unpaired) electrons. The van der Waals surface area contributed by atoms with E-state index in [0.717, 1.165) is 17.0 Å². The van der Waals surface area contributed by atoms with Gasteiger partial charge in [-0.05, 0) is 19.9 Å². The maximum absolute atomic E-state index is 13.4. The van der Waals surface area contributed by atoms with Crippen molar-refractivity contribution in [1.82, 2.24) is 35.5 Å². The molecule has 1 unspecified atom stereocenters. The first-order chi connectivity index (χ1) is 13.2. The number of carbonyl (C=O) groups is 1. The van der Waals surface area contributed by atoms with Gasteiger partial charge in [0.05, 0.1) is 11.4 Å². The molecule has 1 amide bonds. The van der Waals surface area contributed by atoms with Crippen molar-refractivity contribution < 1.29 is 18.0 Å². The molecule has 1 aliphatic rings. The van der Waals surface area contributed by atoms with Crippen LogP contribution >= 0.6 is 0 Å². The largest absolute Gasteiger partial charge is 0.405 e. The average Bonchev–Trinajstić information content (AvgIpc) is 3.20. The first-order valence-corrected chi connectivity index (χ1v) is 9.04. The molecule has 0 aliphatic carbocycles. The van der Waals surface area contributed by atoms with E-state index in [1.165, 1.54) is 11.0 Å². The normalized spacial score (nSPS) is 16.9. The number of aromatic amines is 1. The Morgan fingerprint density at radius 1 is 1.32 bits per heavy atom. The van der Waals surface area contributed by atoms with Gasteiger partial charge in [0.15, 0.2) is 0 Å². The molecule has 3 heterocycles. The second-order valence-electron chi connectivity index (χ2n) is 6.89. The van der Waals surface area contributed by atoms with Crippen LogP contribution in [0.2, 0.25) is 0 Å². The van der Waals surface area contributed by atoms with Gasteiger partial charge in [0.1, 0.15) is 11.7 Å². The van der Waals surface area contributed by atoms with Gasteiger partial charge in [0.2, 0.25) is 0 Å². The molecule has 3 rings (SSSR count). The van der Waals surface area contributed by atoms with Crippen LogP contribution < -0.4 is 10.6 Å². The zero-order chi connectivity index (χ0) is 20.5. The maximum Gasteiger partial charge on any atom is 0.405 e. The van der Waals surface area contributed by atoms with Gasteiger partial charge in [-0.1, -0.05) is 0 Å². The zero-order valence-electron chi connectivity index (χ0n) is 16.0. The lowest BCUT2D eigenvalue weighted by atomic mass is 10.1. The van der Waals surface area contributed by atoms with Crippen LogP contribution in [0.15, 0.2) is 6.07 Å². The minimum absolute atomic E-state index is 0.110. The summed E-state index contributed by atoms with van der Waals surface area (Å²) >= 11 is 0. The molecule has 1 saturated heterocycles. The molecule has 28 heavy (non-hydrogen) atoms. The monoisotopic (exact) mass is 399 g/mol. The lowest BCUT2D eigenvalue weighted by Crippen LogP contribution is -2.57. The Balaban J connectivity index is 1.70. The summed E-state index contributed by atoms with van der Waals surface area (Å²) < 4.78 is 42.0. The van der Waals surface area contributed by atoms with Gasteiger partial charge in [-0.3, -0.25) is 19.5 Å². The molecule has 8 nitrogen and oxygen atoms in total.